The van der Waals surface area contributed by atoms with Crippen molar-refractivity contribution in [1.82, 2.24) is 14.7 Å². The van der Waals surface area contributed by atoms with Crippen molar-refractivity contribution in [2.75, 3.05) is 39.6 Å². The van der Waals surface area contributed by atoms with Crippen LogP contribution < -0.4 is 0 Å². The first-order valence-corrected chi connectivity index (χ1v) is 19.7. The Morgan fingerprint density at radius 2 is 0.618 bits per heavy atom. The molecule has 1 aliphatic heterocycles. The second-order valence-electron chi connectivity index (χ2n) is 10.1. The summed E-state index contributed by atoms with van der Waals surface area (Å²) in [7, 11) is 14.8. The van der Waals surface area contributed by atoms with Gasteiger partial charge in [0, 0.05) is 19.6 Å². The van der Waals surface area contributed by atoms with Gasteiger partial charge >= 0.3 is 41.5 Å². The van der Waals surface area contributed by atoms with Gasteiger partial charge in [-0.15, -0.1) is 0 Å². The van der Waals surface area contributed by atoms with Crippen LogP contribution in [0, 0.1) is 0 Å². The van der Waals surface area contributed by atoms with Crippen LogP contribution in [0.4, 0.5) is 0 Å². The normalized spacial score (nSPS) is 15.6. The summed E-state index contributed by atoms with van der Waals surface area (Å²) in [5, 5.41) is 0. The fraction of sp³-hybridized carbons (Fsp3) is 1.00. The summed E-state index contributed by atoms with van der Waals surface area (Å²) in [6.45, 7) is 14.4. The first-order chi connectivity index (χ1) is 16.5. The van der Waals surface area contributed by atoms with E-state index in [0.717, 1.165) is 0 Å². The first-order valence-electron chi connectivity index (χ1n) is 14.4. The van der Waals surface area contributed by atoms with E-state index in [-0.39, 0.29) is 0 Å². The molecule has 1 saturated heterocycles. The molecule has 3 nitrogen and oxygen atoms in total. The van der Waals surface area contributed by atoms with E-state index in [1.54, 1.807) is 0 Å². The molecule has 0 aromatic carbocycles. The Morgan fingerprint density at radius 3 is 0.853 bits per heavy atom. The minimum absolute atomic E-state index is 1.21. The molecule has 0 bridgehead atoms. The molecule has 0 N–H and O–H groups in total. The van der Waals surface area contributed by atoms with Crippen molar-refractivity contribution in [2.24, 2.45) is 0 Å². The van der Waals surface area contributed by atoms with E-state index in [1.165, 1.54) is 155 Å². The van der Waals surface area contributed by atoms with E-state index < -0.39 is 11.4 Å². The van der Waals surface area contributed by atoms with Gasteiger partial charge in [0.25, 0.3) is 0 Å². The average molecular weight is 582 g/mol. The topological polar surface area (TPSA) is 9.72 Å². The van der Waals surface area contributed by atoms with E-state index in [1.807, 2.05) is 0 Å². The molecule has 1 rings (SSSR count). The summed E-state index contributed by atoms with van der Waals surface area (Å²) >= 11 is -1.62. The molecular weight excluding hydrogens is 525 g/mol. The summed E-state index contributed by atoms with van der Waals surface area (Å²) in [6, 6.07) is 0. The van der Waals surface area contributed by atoms with E-state index in [4.69, 9.17) is 30.1 Å². The SMILES string of the molecule is CCCCCCCCN1CN(CCCCCCCC)CN(CCCCCCCC)C1.[Cl][Cr]([Cl])[Cl]. The number of rotatable bonds is 21. The average Bonchev–Trinajstić information content (AvgIpc) is 2.80. The van der Waals surface area contributed by atoms with Gasteiger partial charge in [-0.25, -0.2) is 0 Å². The van der Waals surface area contributed by atoms with E-state index in [0.29, 0.717) is 0 Å². The van der Waals surface area contributed by atoms with Crippen LogP contribution in [-0.4, -0.2) is 54.3 Å². The Hall–Kier alpha value is 1.28. The van der Waals surface area contributed by atoms with E-state index in [2.05, 4.69) is 35.5 Å². The Kier molecular flexibility index (Phi) is 28.4. The monoisotopic (exact) mass is 580 g/mol. The zero-order chi connectivity index (χ0) is 25.3. The van der Waals surface area contributed by atoms with Crippen LogP contribution in [0.25, 0.3) is 0 Å². The van der Waals surface area contributed by atoms with Gasteiger partial charge in [0.1, 0.15) is 0 Å². The first kappa shape index (κ1) is 35.3. The van der Waals surface area contributed by atoms with Crippen LogP contribution >= 0.6 is 30.1 Å². The zero-order valence-corrected chi connectivity index (χ0v) is 26.4. The molecule has 1 aliphatic rings. The number of hydrogen-bond acceptors (Lipinski definition) is 3. The van der Waals surface area contributed by atoms with Crippen molar-refractivity contribution >= 4 is 30.1 Å². The van der Waals surface area contributed by atoms with Crippen LogP contribution in [0.1, 0.15) is 136 Å². The zero-order valence-electron chi connectivity index (χ0n) is 22.9. The summed E-state index contributed by atoms with van der Waals surface area (Å²) < 4.78 is 0. The minimum atomic E-state index is -1.62. The van der Waals surface area contributed by atoms with Gasteiger partial charge in [0.15, 0.2) is 0 Å². The van der Waals surface area contributed by atoms with Gasteiger partial charge in [-0.1, -0.05) is 117 Å². The predicted octanol–water partition coefficient (Wildman–Crippen LogP) is 9.93. The third-order valence-electron chi connectivity index (χ3n) is 6.68. The molecule has 0 amide bonds. The summed E-state index contributed by atoms with van der Waals surface area (Å²) in [4.78, 5) is 8.20. The van der Waals surface area contributed by atoms with Gasteiger partial charge < -0.3 is 0 Å². The second-order valence-corrected chi connectivity index (χ2v) is 16.4. The fourth-order valence-electron chi connectivity index (χ4n) is 4.75. The van der Waals surface area contributed by atoms with Crippen molar-refractivity contribution in [3.05, 3.63) is 0 Å². The quantitative estimate of drug-likeness (QED) is 0.125. The molecule has 207 valence electrons. The third-order valence-corrected chi connectivity index (χ3v) is 6.68. The third kappa shape index (κ3) is 25.0. The molecule has 0 aliphatic carbocycles. The van der Waals surface area contributed by atoms with Crippen molar-refractivity contribution in [3.8, 4) is 0 Å². The summed E-state index contributed by atoms with van der Waals surface area (Å²) in [5.41, 5.74) is 0. The number of unbranched alkanes of at least 4 members (excludes halogenated alkanes) is 15. The molecule has 0 radical (unpaired) electrons. The van der Waals surface area contributed by atoms with Gasteiger partial charge in [-0.2, -0.15) is 0 Å². The molecule has 1 fully saturated rings. The van der Waals surface area contributed by atoms with Crippen molar-refractivity contribution < 1.29 is 11.4 Å². The molecule has 7 heteroatoms. The number of hydrogen-bond donors (Lipinski definition) is 0. The van der Waals surface area contributed by atoms with Crippen molar-refractivity contribution in [1.29, 1.82) is 0 Å². The van der Waals surface area contributed by atoms with Crippen LogP contribution in [0.2, 0.25) is 0 Å². The summed E-state index contributed by atoms with van der Waals surface area (Å²) in [6.07, 6.45) is 25.4. The van der Waals surface area contributed by atoms with Gasteiger partial charge in [-0.3, -0.25) is 14.7 Å². The fourth-order valence-corrected chi connectivity index (χ4v) is 4.75. The van der Waals surface area contributed by atoms with Gasteiger partial charge in [-0.05, 0) is 19.3 Å². The molecule has 0 atom stereocenters. The molecule has 0 aromatic heterocycles. The molecule has 1 heterocycles. The molecule has 0 spiro atoms. The van der Waals surface area contributed by atoms with E-state index in [9.17, 15) is 0 Å². The maximum absolute atomic E-state index is 4.93. The van der Waals surface area contributed by atoms with Gasteiger partial charge in [0.2, 0.25) is 0 Å². The summed E-state index contributed by atoms with van der Waals surface area (Å²) in [5.74, 6) is 0. The molecule has 34 heavy (non-hydrogen) atoms. The van der Waals surface area contributed by atoms with Crippen LogP contribution in [-0.2, 0) is 11.4 Å². The molecule has 0 saturated carbocycles. The standard InChI is InChI=1S/C27H57N3.3ClH.Cr/c1-4-7-10-13-16-19-22-28-25-29(23-20-17-14-11-8-5-2)27-30(26-28)24-21-18-15-12-9-6-3;;;;/h4-27H2,1-3H3;3*1H;/q;;;;+3/p-3. The Morgan fingerprint density at radius 1 is 0.412 bits per heavy atom. The molecule has 0 unspecified atom stereocenters. The van der Waals surface area contributed by atoms with Gasteiger partial charge in [0.05, 0.1) is 20.0 Å². The van der Waals surface area contributed by atoms with Crippen molar-refractivity contribution in [2.45, 2.75) is 136 Å². The maximum atomic E-state index is 4.93. The Bertz CT molecular complexity index is 344. The Labute approximate surface area is 231 Å². The van der Waals surface area contributed by atoms with Crippen LogP contribution in [0.15, 0.2) is 0 Å². The second kappa shape index (κ2) is 27.3. The van der Waals surface area contributed by atoms with Crippen LogP contribution in [0.5, 0.6) is 0 Å². The van der Waals surface area contributed by atoms with Crippen LogP contribution in [0.3, 0.4) is 0 Å². The predicted molar refractivity (Wildman–Crippen MR) is 152 cm³/mol. The van der Waals surface area contributed by atoms with E-state index >= 15 is 0 Å². The number of halogens is 3. The van der Waals surface area contributed by atoms with Crippen molar-refractivity contribution in [3.63, 3.8) is 0 Å². The number of nitrogens with zero attached hydrogens (tertiary/aromatic N) is 3. The molecular formula is C27H57Cl3CrN3. The molecule has 0 aromatic rings. The Balaban J connectivity index is 0.00000251.